The molecule has 24 heavy (non-hydrogen) atoms. The second-order valence-corrected chi connectivity index (χ2v) is 5.63. The predicted octanol–water partition coefficient (Wildman–Crippen LogP) is 0.978. The number of nitrogens with one attached hydrogen (secondary N) is 1. The molecule has 1 amide bonds. The van der Waals surface area contributed by atoms with Crippen molar-refractivity contribution in [1.29, 1.82) is 0 Å². The number of para-hydroxylation sites is 1. The largest absolute Gasteiger partial charge is 0.451 e. The molecule has 1 aliphatic rings. The normalized spacial score (nSPS) is 21.1. The third-order valence-corrected chi connectivity index (χ3v) is 3.98. The Balaban J connectivity index is 1.96. The Morgan fingerprint density at radius 2 is 2.08 bits per heavy atom. The quantitative estimate of drug-likeness (QED) is 0.472. The van der Waals surface area contributed by atoms with Crippen molar-refractivity contribution < 1.29 is 19.2 Å². The first-order valence-electron chi connectivity index (χ1n) is 7.87. The van der Waals surface area contributed by atoms with Crippen molar-refractivity contribution >= 4 is 17.6 Å². The summed E-state index contributed by atoms with van der Waals surface area (Å²) in [6.07, 6.45) is -0.891. The number of hydrogen-bond acceptors (Lipinski definition) is 6. The van der Waals surface area contributed by atoms with E-state index in [-0.39, 0.29) is 18.9 Å². The highest BCUT2D eigenvalue weighted by Crippen LogP contribution is 2.16. The van der Waals surface area contributed by atoms with Gasteiger partial charge in [0.25, 0.3) is 5.91 Å². The van der Waals surface area contributed by atoms with Crippen LogP contribution in [0.1, 0.15) is 20.3 Å². The lowest BCUT2D eigenvalue weighted by Gasteiger charge is -2.25. The molecule has 2 rings (SSSR count). The molecule has 1 heterocycles. The summed E-state index contributed by atoms with van der Waals surface area (Å²) in [6, 6.07) is 7.55. The van der Waals surface area contributed by atoms with Gasteiger partial charge in [-0.05, 0) is 26.0 Å². The van der Waals surface area contributed by atoms with E-state index in [4.69, 9.17) is 4.74 Å². The predicted molar refractivity (Wildman–Crippen MR) is 87.2 cm³/mol. The monoisotopic (exact) mass is 335 g/mol. The molecule has 1 N–H and O–H groups in total. The number of carbonyl (C=O) groups excluding carboxylic acids is 2. The van der Waals surface area contributed by atoms with Crippen LogP contribution >= 0.6 is 0 Å². The maximum absolute atomic E-state index is 12.5. The van der Waals surface area contributed by atoms with E-state index < -0.39 is 29.1 Å². The topological polar surface area (TPSA) is 102 Å². The number of hydrogen-bond donors (Lipinski definition) is 1. The van der Waals surface area contributed by atoms with Gasteiger partial charge in [-0.1, -0.05) is 18.2 Å². The molecule has 0 saturated carbocycles. The van der Waals surface area contributed by atoms with Crippen LogP contribution in [0.4, 0.5) is 5.69 Å². The minimum absolute atomic E-state index is 0.0723. The fourth-order valence-corrected chi connectivity index (χ4v) is 2.66. The van der Waals surface area contributed by atoms with E-state index in [9.17, 15) is 19.7 Å². The van der Waals surface area contributed by atoms with Crippen molar-refractivity contribution in [3.05, 3.63) is 40.4 Å². The summed E-state index contributed by atoms with van der Waals surface area (Å²) in [7, 11) is 0. The van der Waals surface area contributed by atoms with E-state index in [1.807, 2.05) is 25.1 Å². The summed E-state index contributed by atoms with van der Waals surface area (Å²) < 4.78 is 5.21. The molecule has 1 fully saturated rings. The highest BCUT2D eigenvalue weighted by atomic mass is 16.6. The van der Waals surface area contributed by atoms with Gasteiger partial charge in [-0.3, -0.25) is 25.0 Å². The van der Waals surface area contributed by atoms with Gasteiger partial charge in [0.05, 0.1) is 6.54 Å². The smallest absolute Gasteiger partial charge is 0.324 e. The minimum atomic E-state index is -0.964. The summed E-state index contributed by atoms with van der Waals surface area (Å²) in [4.78, 5) is 36.5. The molecule has 3 atom stereocenters. The van der Waals surface area contributed by atoms with Gasteiger partial charge in [0.1, 0.15) is 6.04 Å². The van der Waals surface area contributed by atoms with Crippen LogP contribution < -0.4 is 10.2 Å². The highest BCUT2D eigenvalue weighted by Gasteiger charge is 2.38. The zero-order chi connectivity index (χ0) is 17.7. The van der Waals surface area contributed by atoms with Gasteiger partial charge < -0.3 is 9.64 Å². The molecule has 1 aliphatic heterocycles. The second-order valence-electron chi connectivity index (χ2n) is 5.63. The SMILES string of the molecule is CCN(C(=O)C(C)OC(=O)C1CC([N+](=O)[O-])CN1)c1ccccc1. The molecule has 1 aromatic carbocycles. The lowest BCUT2D eigenvalue weighted by Crippen LogP contribution is -2.43. The van der Waals surface area contributed by atoms with E-state index in [0.29, 0.717) is 6.54 Å². The standard InChI is InChI=1S/C16H21N3O5/c1-3-18(12-7-5-4-6-8-12)15(20)11(2)24-16(21)14-9-13(10-17-14)19(22)23/h4-8,11,13-14,17H,3,9-10H2,1-2H3. The van der Waals surface area contributed by atoms with Crippen molar-refractivity contribution in [2.75, 3.05) is 18.0 Å². The number of carbonyl (C=O) groups is 2. The Morgan fingerprint density at radius 3 is 2.62 bits per heavy atom. The number of anilines is 1. The number of ether oxygens (including phenoxy) is 1. The van der Waals surface area contributed by atoms with Crippen LogP contribution in [0.5, 0.6) is 0 Å². The molecule has 1 saturated heterocycles. The van der Waals surface area contributed by atoms with Crippen LogP contribution in [0.3, 0.4) is 0 Å². The number of esters is 1. The van der Waals surface area contributed by atoms with Crippen LogP contribution in [0.25, 0.3) is 0 Å². The Labute approximate surface area is 139 Å². The van der Waals surface area contributed by atoms with Crippen LogP contribution in [0.15, 0.2) is 30.3 Å². The molecular formula is C16H21N3O5. The summed E-state index contributed by atoms with van der Waals surface area (Å²) >= 11 is 0. The zero-order valence-corrected chi connectivity index (χ0v) is 13.7. The average Bonchev–Trinajstić information content (AvgIpc) is 3.06. The molecule has 0 aromatic heterocycles. The van der Waals surface area contributed by atoms with Crippen molar-refractivity contribution in [2.45, 2.75) is 38.5 Å². The molecule has 0 bridgehead atoms. The molecule has 1 aromatic rings. The van der Waals surface area contributed by atoms with E-state index in [1.165, 1.54) is 11.8 Å². The molecule has 8 nitrogen and oxygen atoms in total. The summed E-state index contributed by atoms with van der Waals surface area (Å²) in [5.41, 5.74) is 0.723. The third-order valence-electron chi connectivity index (χ3n) is 3.98. The number of nitro groups is 1. The van der Waals surface area contributed by atoms with Crippen LogP contribution in [-0.4, -0.2) is 48.1 Å². The fraction of sp³-hybridized carbons (Fsp3) is 0.500. The fourth-order valence-electron chi connectivity index (χ4n) is 2.66. The number of rotatable bonds is 6. The van der Waals surface area contributed by atoms with Crippen LogP contribution in [0, 0.1) is 10.1 Å². The van der Waals surface area contributed by atoms with Crippen molar-refractivity contribution in [3.8, 4) is 0 Å². The molecule has 130 valence electrons. The molecule has 8 heteroatoms. The highest BCUT2D eigenvalue weighted by molar-refractivity contribution is 5.97. The zero-order valence-electron chi connectivity index (χ0n) is 13.7. The van der Waals surface area contributed by atoms with E-state index >= 15 is 0 Å². The van der Waals surface area contributed by atoms with E-state index in [2.05, 4.69) is 5.32 Å². The second kappa shape index (κ2) is 7.87. The summed E-state index contributed by atoms with van der Waals surface area (Å²) in [6.45, 7) is 3.90. The van der Waals surface area contributed by atoms with Crippen LogP contribution in [-0.2, 0) is 14.3 Å². The van der Waals surface area contributed by atoms with Gasteiger partial charge in [0.15, 0.2) is 6.10 Å². The molecular weight excluding hydrogens is 314 g/mol. The van der Waals surface area contributed by atoms with Gasteiger partial charge in [-0.15, -0.1) is 0 Å². The van der Waals surface area contributed by atoms with E-state index in [1.54, 1.807) is 12.1 Å². The lowest BCUT2D eigenvalue weighted by molar-refractivity contribution is -0.517. The van der Waals surface area contributed by atoms with Gasteiger partial charge in [-0.25, -0.2) is 0 Å². The van der Waals surface area contributed by atoms with Crippen molar-refractivity contribution in [1.82, 2.24) is 5.32 Å². The van der Waals surface area contributed by atoms with Gasteiger partial charge in [-0.2, -0.15) is 0 Å². The van der Waals surface area contributed by atoms with Crippen molar-refractivity contribution in [3.63, 3.8) is 0 Å². The van der Waals surface area contributed by atoms with Gasteiger partial charge in [0, 0.05) is 23.6 Å². The first-order valence-corrected chi connectivity index (χ1v) is 7.87. The number of likely N-dealkylation sites (N-methyl/N-ethyl adjacent to an activating group) is 1. The summed E-state index contributed by atoms with van der Waals surface area (Å²) in [5.74, 6) is -0.967. The van der Waals surface area contributed by atoms with E-state index in [0.717, 1.165) is 5.69 Å². The van der Waals surface area contributed by atoms with Crippen molar-refractivity contribution in [2.24, 2.45) is 0 Å². The Kier molecular flexibility index (Phi) is 5.86. The molecule has 3 unspecified atom stereocenters. The first kappa shape index (κ1) is 17.9. The maximum Gasteiger partial charge on any atom is 0.324 e. The Bertz CT molecular complexity index is 607. The first-order chi connectivity index (χ1) is 11.4. The van der Waals surface area contributed by atoms with Gasteiger partial charge in [0.2, 0.25) is 6.04 Å². The third kappa shape index (κ3) is 4.08. The average molecular weight is 335 g/mol. The molecule has 0 spiro atoms. The van der Waals surface area contributed by atoms with Crippen LogP contribution in [0.2, 0.25) is 0 Å². The Hall–Kier alpha value is -2.48. The van der Waals surface area contributed by atoms with Gasteiger partial charge >= 0.3 is 5.97 Å². The lowest BCUT2D eigenvalue weighted by atomic mass is 10.2. The molecule has 0 aliphatic carbocycles. The molecule has 0 radical (unpaired) electrons. The number of benzene rings is 1. The Morgan fingerprint density at radius 1 is 1.42 bits per heavy atom. The summed E-state index contributed by atoms with van der Waals surface area (Å²) in [5, 5.41) is 13.5. The number of amides is 1. The maximum atomic E-state index is 12.5. The number of nitrogens with zero attached hydrogens (tertiary/aromatic N) is 2. The minimum Gasteiger partial charge on any atom is -0.451 e.